The second-order valence-corrected chi connectivity index (χ2v) is 4.37. The molecule has 96 valence electrons. The molecule has 0 spiro atoms. The molecule has 2 atom stereocenters. The van der Waals surface area contributed by atoms with Crippen LogP contribution in [-0.4, -0.2) is 25.8 Å². The lowest BCUT2D eigenvalue weighted by Gasteiger charge is -2.29. The van der Waals surface area contributed by atoms with Crippen LogP contribution in [0.25, 0.3) is 0 Å². The summed E-state index contributed by atoms with van der Waals surface area (Å²) in [6, 6.07) is 0. The first-order valence-corrected chi connectivity index (χ1v) is 6.75. The molecule has 0 amide bonds. The summed E-state index contributed by atoms with van der Waals surface area (Å²) in [4.78, 5) is 0. The van der Waals surface area contributed by atoms with E-state index < -0.39 is 0 Å². The standard InChI is InChI=1S/C13H26O3/c1-3-5-10-14-12-8-7-9-13(16-12)15-11-6-4-2/h12-13H,3-11H2,1-2H3. The second kappa shape index (κ2) is 8.97. The van der Waals surface area contributed by atoms with Gasteiger partial charge in [0.2, 0.25) is 0 Å². The highest BCUT2D eigenvalue weighted by Crippen LogP contribution is 2.21. The lowest BCUT2D eigenvalue weighted by atomic mass is 10.2. The van der Waals surface area contributed by atoms with Crippen molar-refractivity contribution >= 4 is 0 Å². The van der Waals surface area contributed by atoms with Crippen LogP contribution >= 0.6 is 0 Å². The van der Waals surface area contributed by atoms with Gasteiger partial charge in [-0.1, -0.05) is 26.7 Å². The minimum Gasteiger partial charge on any atom is -0.353 e. The Labute approximate surface area is 99.5 Å². The summed E-state index contributed by atoms with van der Waals surface area (Å²) >= 11 is 0. The largest absolute Gasteiger partial charge is 0.353 e. The number of ether oxygens (including phenoxy) is 3. The minimum atomic E-state index is -0.0353. The smallest absolute Gasteiger partial charge is 0.160 e. The first kappa shape index (κ1) is 13.9. The normalized spacial score (nSPS) is 25.9. The summed E-state index contributed by atoms with van der Waals surface area (Å²) in [7, 11) is 0. The number of unbranched alkanes of at least 4 members (excludes halogenated alkanes) is 2. The van der Waals surface area contributed by atoms with E-state index in [4.69, 9.17) is 14.2 Å². The Hall–Kier alpha value is -0.120. The van der Waals surface area contributed by atoms with Crippen molar-refractivity contribution in [3.63, 3.8) is 0 Å². The number of hydrogen-bond acceptors (Lipinski definition) is 3. The number of rotatable bonds is 8. The molecule has 1 fully saturated rings. The van der Waals surface area contributed by atoms with E-state index in [1.165, 1.54) is 12.8 Å². The van der Waals surface area contributed by atoms with Gasteiger partial charge in [0.15, 0.2) is 12.6 Å². The van der Waals surface area contributed by atoms with Gasteiger partial charge in [-0.2, -0.15) is 0 Å². The van der Waals surface area contributed by atoms with Crippen LogP contribution in [0.4, 0.5) is 0 Å². The van der Waals surface area contributed by atoms with Gasteiger partial charge in [0.25, 0.3) is 0 Å². The molecular weight excluding hydrogens is 204 g/mol. The Bertz CT molecular complexity index is 145. The van der Waals surface area contributed by atoms with Gasteiger partial charge in [-0.05, 0) is 32.1 Å². The molecule has 0 radical (unpaired) electrons. The summed E-state index contributed by atoms with van der Waals surface area (Å²) in [6.07, 6.45) is 7.66. The van der Waals surface area contributed by atoms with Crippen molar-refractivity contribution in [2.24, 2.45) is 0 Å². The summed E-state index contributed by atoms with van der Waals surface area (Å²) < 4.78 is 17.1. The van der Waals surface area contributed by atoms with Gasteiger partial charge < -0.3 is 14.2 Å². The zero-order valence-corrected chi connectivity index (χ0v) is 10.7. The Morgan fingerprint density at radius 2 is 1.44 bits per heavy atom. The quantitative estimate of drug-likeness (QED) is 0.597. The molecule has 16 heavy (non-hydrogen) atoms. The molecular formula is C13H26O3. The summed E-state index contributed by atoms with van der Waals surface area (Å²) in [5, 5.41) is 0. The average molecular weight is 230 g/mol. The molecule has 0 bridgehead atoms. The second-order valence-electron chi connectivity index (χ2n) is 4.37. The van der Waals surface area contributed by atoms with E-state index in [1.54, 1.807) is 0 Å². The zero-order chi connectivity index (χ0) is 11.6. The van der Waals surface area contributed by atoms with Gasteiger partial charge in [-0.25, -0.2) is 0 Å². The van der Waals surface area contributed by atoms with Crippen molar-refractivity contribution < 1.29 is 14.2 Å². The first-order valence-electron chi connectivity index (χ1n) is 6.75. The molecule has 0 aliphatic carbocycles. The van der Waals surface area contributed by atoms with Crippen molar-refractivity contribution in [3.8, 4) is 0 Å². The summed E-state index contributed by atoms with van der Waals surface area (Å²) in [6.45, 7) is 5.95. The summed E-state index contributed by atoms with van der Waals surface area (Å²) in [5.74, 6) is 0. The Morgan fingerprint density at radius 1 is 0.938 bits per heavy atom. The van der Waals surface area contributed by atoms with Crippen molar-refractivity contribution in [1.82, 2.24) is 0 Å². The van der Waals surface area contributed by atoms with Gasteiger partial charge >= 0.3 is 0 Å². The predicted octanol–water partition coefficient (Wildman–Crippen LogP) is 3.47. The lowest BCUT2D eigenvalue weighted by molar-refractivity contribution is -0.267. The third-order valence-corrected chi connectivity index (χ3v) is 2.79. The van der Waals surface area contributed by atoms with Crippen LogP contribution in [-0.2, 0) is 14.2 Å². The van der Waals surface area contributed by atoms with Crippen molar-refractivity contribution in [1.29, 1.82) is 0 Å². The van der Waals surface area contributed by atoms with Crippen LogP contribution < -0.4 is 0 Å². The minimum absolute atomic E-state index is 0.0353. The average Bonchev–Trinajstić information content (AvgIpc) is 2.30. The van der Waals surface area contributed by atoms with E-state index in [2.05, 4.69) is 13.8 Å². The highest BCUT2D eigenvalue weighted by molar-refractivity contribution is 4.59. The third kappa shape index (κ3) is 5.83. The van der Waals surface area contributed by atoms with Crippen LogP contribution in [0, 0.1) is 0 Å². The topological polar surface area (TPSA) is 27.7 Å². The van der Waals surface area contributed by atoms with E-state index in [0.717, 1.165) is 45.3 Å². The van der Waals surface area contributed by atoms with Crippen LogP contribution in [0.3, 0.4) is 0 Å². The lowest BCUT2D eigenvalue weighted by Crippen LogP contribution is -2.32. The molecule has 1 saturated heterocycles. The molecule has 2 unspecified atom stereocenters. The molecule has 3 nitrogen and oxygen atoms in total. The van der Waals surface area contributed by atoms with Crippen molar-refractivity contribution in [3.05, 3.63) is 0 Å². The highest BCUT2D eigenvalue weighted by Gasteiger charge is 2.22. The molecule has 1 heterocycles. The van der Waals surface area contributed by atoms with E-state index >= 15 is 0 Å². The van der Waals surface area contributed by atoms with Gasteiger partial charge in [0.05, 0.1) is 0 Å². The van der Waals surface area contributed by atoms with Crippen LogP contribution in [0.5, 0.6) is 0 Å². The fraction of sp³-hybridized carbons (Fsp3) is 1.00. The Balaban J connectivity index is 2.09. The van der Waals surface area contributed by atoms with E-state index in [1.807, 2.05) is 0 Å². The van der Waals surface area contributed by atoms with Crippen LogP contribution in [0.15, 0.2) is 0 Å². The van der Waals surface area contributed by atoms with Gasteiger partial charge in [-0.15, -0.1) is 0 Å². The summed E-state index contributed by atoms with van der Waals surface area (Å²) in [5.41, 5.74) is 0. The van der Waals surface area contributed by atoms with Gasteiger partial charge in [-0.3, -0.25) is 0 Å². The van der Waals surface area contributed by atoms with E-state index in [9.17, 15) is 0 Å². The molecule has 0 aromatic rings. The van der Waals surface area contributed by atoms with Gasteiger partial charge in [0.1, 0.15) is 0 Å². The monoisotopic (exact) mass is 230 g/mol. The molecule has 1 rings (SSSR count). The highest BCUT2D eigenvalue weighted by atomic mass is 16.8. The first-order chi connectivity index (χ1) is 7.86. The van der Waals surface area contributed by atoms with Crippen LogP contribution in [0.1, 0.15) is 58.8 Å². The van der Waals surface area contributed by atoms with Crippen molar-refractivity contribution in [2.75, 3.05) is 13.2 Å². The maximum atomic E-state index is 5.74. The fourth-order valence-corrected chi connectivity index (χ4v) is 1.72. The maximum absolute atomic E-state index is 5.74. The third-order valence-electron chi connectivity index (χ3n) is 2.79. The van der Waals surface area contributed by atoms with E-state index in [0.29, 0.717) is 0 Å². The molecule has 3 heteroatoms. The van der Waals surface area contributed by atoms with Gasteiger partial charge in [0, 0.05) is 13.2 Å². The maximum Gasteiger partial charge on any atom is 0.160 e. The molecule has 0 N–H and O–H groups in total. The Morgan fingerprint density at radius 3 is 1.88 bits per heavy atom. The zero-order valence-electron chi connectivity index (χ0n) is 10.7. The van der Waals surface area contributed by atoms with E-state index in [-0.39, 0.29) is 12.6 Å². The van der Waals surface area contributed by atoms with Crippen molar-refractivity contribution in [2.45, 2.75) is 71.4 Å². The molecule has 0 aromatic heterocycles. The predicted molar refractivity (Wildman–Crippen MR) is 64.2 cm³/mol. The molecule has 0 saturated carbocycles. The number of hydrogen-bond donors (Lipinski definition) is 0. The SMILES string of the molecule is CCCCOC1CCCC(OCCCC)O1. The fourth-order valence-electron chi connectivity index (χ4n) is 1.72. The Kier molecular flexibility index (Phi) is 7.81. The van der Waals surface area contributed by atoms with Crippen LogP contribution in [0.2, 0.25) is 0 Å². The molecule has 1 aliphatic rings. The molecule has 1 aliphatic heterocycles. The molecule has 0 aromatic carbocycles.